The first-order valence-corrected chi connectivity index (χ1v) is 10.3. The van der Waals surface area contributed by atoms with Crippen LogP contribution in [0, 0.1) is 0 Å². The fourth-order valence-electron chi connectivity index (χ4n) is 3.55. The minimum Gasteiger partial charge on any atom is -0.379 e. The van der Waals surface area contributed by atoms with Gasteiger partial charge in [0, 0.05) is 30.0 Å². The molecule has 31 heavy (non-hydrogen) atoms. The zero-order chi connectivity index (χ0) is 21.5. The first-order valence-electron chi connectivity index (χ1n) is 10.3. The molecule has 6 heteroatoms. The molecule has 0 bridgehead atoms. The first kappa shape index (κ1) is 20.8. The molecule has 0 radical (unpaired) electrons. The van der Waals surface area contributed by atoms with Gasteiger partial charge in [0.15, 0.2) is 0 Å². The molecular formula is C25H25N3O3. The maximum atomic E-state index is 12.9. The van der Waals surface area contributed by atoms with Crippen molar-refractivity contribution in [2.24, 2.45) is 0 Å². The minimum absolute atomic E-state index is 0.0597. The van der Waals surface area contributed by atoms with Crippen LogP contribution in [0.2, 0.25) is 0 Å². The number of benzene rings is 3. The molecule has 158 valence electrons. The topological polar surface area (TPSA) is 70.7 Å². The van der Waals surface area contributed by atoms with Crippen LogP contribution in [0.25, 0.3) is 11.1 Å². The van der Waals surface area contributed by atoms with Crippen molar-refractivity contribution in [1.82, 2.24) is 4.90 Å². The molecule has 3 aromatic rings. The number of nitrogens with one attached hydrogen (secondary N) is 2. The van der Waals surface area contributed by atoms with Crippen LogP contribution in [-0.4, -0.2) is 49.6 Å². The lowest BCUT2D eigenvalue weighted by Gasteiger charge is -2.25. The number of amides is 2. The Bertz CT molecular complexity index is 1030. The monoisotopic (exact) mass is 415 g/mol. The molecule has 0 aliphatic carbocycles. The van der Waals surface area contributed by atoms with Crippen LogP contribution in [-0.2, 0) is 9.53 Å². The Kier molecular flexibility index (Phi) is 6.72. The summed E-state index contributed by atoms with van der Waals surface area (Å²) in [4.78, 5) is 27.2. The van der Waals surface area contributed by atoms with Crippen molar-refractivity contribution in [2.45, 2.75) is 0 Å². The third kappa shape index (κ3) is 5.57. The zero-order valence-electron chi connectivity index (χ0n) is 17.2. The summed E-state index contributed by atoms with van der Waals surface area (Å²) in [6.07, 6.45) is 0. The molecule has 4 rings (SSSR count). The lowest BCUT2D eigenvalue weighted by Crippen LogP contribution is -2.41. The SMILES string of the molecule is O=C(CN1CCOCC1)Nc1ccc(NC(=O)c2ccccc2-c2ccccc2)cc1. The van der Waals surface area contributed by atoms with Crippen LogP contribution in [0.4, 0.5) is 11.4 Å². The van der Waals surface area contributed by atoms with E-state index in [4.69, 9.17) is 4.74 Å². The lowest BCUT2D eigenvalue weighted by molar-refractivity contribution is -0.118. The fourth-order valence-corrected chi connectivity index (χ4v) is 3.55. The summed E-state index contributed by atoms with van der Waals surface area (Å²) in [5.41, 5.74) is 3.84. The number of ether oxygens (including phenoxy) is 1. The van der Waals surface area contributed by atoms with E-state index in [0.29, 0.717) is 36.7 Å². The van der Waals surface area contributed by atoms with E-state index in [1.165, 1.54) is 0 Å². The quantitative estimate of drug-likeness (QED) is 0.641. The van der Waals surface area contributed by atoms with Gasteiger partial charge in [-0.15, -0.1) is 0 Å². The largest absolute Gasteiger partial charge is 0.379 e. The summed E-state index contributed by atoms with van der Waals surface area (Å²) in [5, 5.41) is 5.84. The smallest absolute Gasteiger partial charge is 0.256 e. The van der Waals surface area contributed by atoms with E-state index >= 15 is 0 Å². The van der Waals surface area contributed by atoms with Gasteiger partial charge >= 0.3 is 0 Å². The maximum Gasteiger partial charge on any atom is 0.256 e. The Morgan fingerprint density at radius 2 is 1.39 bits per heavy atom. The van der Waals surface area contributed by atoms with Gasteiger partial charge in [0.05, 0.1) is 19.8 Å². The third-order valence-electron chi connectivity index (χ3n) is 5.15. The van der Waals surface area contributed by atoms with E-state index in [0.717, 1.165) is 24.2 Å². The van der Waals surface area contributed by atoms with E-state index in [-0.39, 0.29) is 11.8 Å². The van der Waals surface area contributed by atoms with Gasteiger partial charge in [0.1, 0.15) is 0 Å². The van der Waals surface area contributed by atoms with Crippen LogP contribution >= 0.6 is 0 Å². The number of morpholine rings is 1. The first-order chi connectivity index (χ1) is 15.2. The fraction of sp³-hybridized carbons (Fsp3) is 0.200. The molecule has 0 aromatic heterocycles. The van der Waals surface area contributed by atoms with Gasteiger partial charge in [0.25, 0.3) is 5.91 Å². The third-order valence-corrected chi connectivity index (χ3v) is 5.15. The molecule has 0 unspecified atom stereocenters. The van der Waals surface area contributed by atoms with E-state index < -0.39 is 0 Å². The number of carbonyl (C=O) groups is 2. The summed E-state index contributed by atoms with van der Waals surface area (Å²) in [5.74, 6) is -0.237. The highest BCUT2D eigenvalue weighted by molar-refractivity contribution is 6.08. The average Bonchev–Trinajstić information content (AvgIpc) is 2.81. The number of hydrogen-bond donors (Lipinski definition) is 2. The molecule has 1 fully saturated rings. The van der Waals surface area contributed by atoms with Crippen molar-refractivity contribution in [2.75, 3.05) is 43.5 Å². The number of rotatable bonds is 6. The second-order valence-electron chi connectivity index (χ2n) is 7.38. The van der Waals surface area contributed by atoms with Crippen molar-refractivity contribution in [3.8, 4) is 11.1 Å². The van der Waals surface area contributed by atoms with Crippen molar-refractivity contribution in [3.05, 3.63) is 84.4 Å². The highest BCUT2D eigenvalue weighted by Crippen LogP contribution is 2.24. The average molecular weight is 415 g/mol. The van der Waals surface area contributed by atoms with Gasteiger partial charge in [0.2, 0.25) is 5.91 Å². The molecule has 2 N–H and O–H groups in total. The lowest BCUT2D eigenvalue weighted by atomic mass is 9.99. The van der Waals surface area contributed by atoms with Crippen molar-refractivity contribution in [1.29, 1.82) is 0 Å². The highest BCUT2D eigenvalue weighted by atomic mass is 16.5. The van der Waals surface area contributed by atoms with E-state index in [2.05, 4.69) is 15.5 Å². The highest BCUT2D eigenvalue weighted by Gasteiger charge is 2.15. The normalized spacial score (nSPS) is 14.1. The molecule has 0 saturated carbocycles. The van der Waals surface area contributed by atoms with Gasteiger partial charge in [-0.25, -0.2) is 0 Å². The van der Waals surface area contributed by atoms with Crippen molar-refractivity contribution < 1.29 is 14.3 Å². The predicted octanol–water partition coefficient (Wildman–Crippen LogP) is 3.88. The van der Waals surface area contributed by atoms with Gasteiger partial charge < -0.3 is 15.4 Å². The molecule has 6 nitrogen and oxygen atoms in total. The van der Waals surface area contributed by atoms with Gasteiger partial charge in [-0.05, 0) is 41.5 Å². The maximum absolute atomic E-state index is 12.9. The molecule has 1 aliphatic rings. The second kappa shape index (κ2) is 10.0. The number of nitrogens with zero attached hydrogens (tertiary/aromatic N) is 1. The summed E-state index contributed by atoms with van der Waals surface area (Å²) >= 11 is 0. The summed E-state index contributed by atoms with van der Waals surface area (Å²) in [6.45, 7) is 3.20. The predicted molar refractivity (Wildman–Crippen MR) is 122 cm³/mol. The van der Waals surface area contributed by atoms with Gasteiger partial charge in [-0.2, -0.15) is 0 Å². The molecule has 1 aliphatic heterocycles. The summed E-state index contributed by atoms with van der Waals surface area (Å²) in [7, 11) is 0. The van der Waals surface area contributed by atoms with Gasteiger partial charge in [-0.3, -0.25) is 14.5 Å². The van der Waals surface area contributed by atoms with Crippen LogP contribution in [0.3, 0.4) is 0 Å². The molecule has 0 atom stereocenters. The van der Waals surface area contributed by atoms with Crippen LogP contribution in [0.1, 0.15) is 10.4 Å². The Balaban J connectivity index is 1.38. The van der Waals surface area contributed by atoms with Crippen LogP contribution < -0.4 is 10.6 Å². The summed E-state index contributed by atoms with van der Waals surface area (Å²) in [6, 6.07) is 24.5. The number of anilines is 2. The Hall–Kier alpha value is -3.48. The molecule has 1 saturated heterocycles. The van der Waals surface area contributed by atoms with E-state index in [9.17, 15) is 9.59 Å². The van der Waals surface area contributed by atoms with E-state index in [1.54, 1.807) is 24.3 Å². The molecule has 1 heterocycles. The van der Waals surface area contributed by atoms with E-state index in [1.807, 2.05) is 54.6 Å². The Morgan fingerprint density at radius 1 is 0.774 bits per heavy atom. The Labute approximate surface area is 181 Å². The summed E-state index contributed by atoms with van der Waals surface area (Å²) < 4.78 is 5.30. The molecular weight excluding hydrogens is 390 g/mol. The van der Waals surface area contributed by atoms with Crippen LogP contribution in [0.15, 0.2) is 78.9 Å². The Morgan fingerprint density at radius 3 is 2.10 bits per heavy atom. The number of carbonyl (C=O) groups excluding carboxylic acids is 2. The van der Waals surface area contributed by atoms with Gasteiger partial charge in [-0.1, -0.05) is 48.5 Å². The molecule has 3 aromatic carbocycles. The van der Waals surface area contributed by atoms with Crippen LogP contribution in [0.5, 0.6) is 0 Å². The minimum atomic E-state index is -0.177. The standard InChI is InChI=1S/C25H25N3O3/c29-24(18-28-14-16-31-17-15-28)26-20-10-12-21(13-11-20)27-25(30)23-9-5-4-8-22(23)19-6-2-1-3-7-19/h1-13H,14-18H2,(H,26,29)(H,27,30). The molecule has 0 spiro atoms. The van der Waals surface area contributed by atoms with Crippen molar-refractivity contribution >= 4 is 23.2 Å². The number of hydrogen-bond acceptors (Lipinski definition) is 4. The molecule has 2 amide bonds. The zero-order valence-corrected chi connectivity index (χ0v) is 17.2. The van der Waals surface area contributed by atoms with Crippen molar-refractivity contribution in [3.63, 3.8) is 0 Å². The second-order valence-corrected chi connectivity index (χ2v) is 7.38.